The van der Waals surface area contributed by atoms with E-state index in [1.165, 1.54) is 41.7 Å². The van der Waals surface area contributed by atoms with Crippen molar-refractivity contribution in [3.8, 4) is 0 Å². The van der Waals surface area contributed by atoms with E-state index in [2.05, 4.69) is 101 Å². The molecule has 0 aromatic heterocycles. The Balaban J connectivity index is 7.58. The number of amides is 13. The number of carbonyl (C=O) groups excluding carboxylic acids is 20. The summed E-state index contributed by atoms with van der Waals surface area (Å²) >= 11 is 0. The molecule has 0 aliphatic carbocycles. The van der Waals surface area contributed by atoms with Gasteiger partial charge in [-0.25, -0.2) is 0 Å². The van der Waals surface area contributed by atoms with Crippen molar-refractivity contribution in [2.24, 2.45) is 35.1 Å². The standard InChI is InChI=1S/C64H111N21O20/c1-16-31(6)42(27-90)76-50(59(100)73-38(13)55(96)70-36(11)54(95)67-15)81-57(98)39(14)71-56(97)37(12)72-58(99)46(68-21-22-86)79-63(104)51(77-43(28-91)32(7)17-2)85-64(105)52(78-44(29-92)33(8)18-3)84-60(101)47(69-34(9)24-87)82-62(103)49(75-41(26-89)23-30(4)5)83-61(102)48(80-53(94)35(10)65)74-40(25-88)19-20-45(66)93/h22,24-44,46-52,68-69,74-78H,16-21,23,65H2,1-15H3,(H2,66,93)(H,67,95)(H,70,96)(H,71,97)(H,72,99)(H,73,100)(H,79,104)(H,80,94)(H,81,98)(H,82,103)(H,83,102)(H,84,101)(H,85,105)/t31-,32-,33-,34+,35+,36+,37+,38+,39+,40-,41-,42+,43+,44+,46+,47-,48-,49-,50-,51-,52-/m1/s1. The van der Waals surface area contributed by atoms with E-state index >= 15 is 0 Å². The van der Waals surface area contributed by atoms with Crippen LogP contribution in [0.3, 0.4) is 0 Å². The first-order chi connectivity index (χ1) is 49.3. The van der Waals surface area contributed by atoms with Gasteiger partial charge in [-0.05, 0) is 78.1 Å². The Bertz CT molecular complexity index is 2970. The van der Waals surface area contributed by atoms with Crippen molar-refractivity contribution in [1.82, 2.24) is 101 Å². The molecule has 0 rings (SSSR count). The Hall–Kier alpha value is -9.52. The molecule has 0 bridgehead atoms. The molecule has 41 heteroatoms. The summed E-state index contributed by atoms with van der Waals surface area (Å²) in [5, 5.41) is 46.2. The average molecular weight is 1490 g/mol. The number of rotatable bonds is 55. The molecule has 0 spiro atoms. The first kappa shape index (κ1) is 95.5. The third-order valence-corrected chi connectivity index (χ3v) is 16.4. The summed E-state index contributed by atoms with van der Waals surface area (Å²) in [6.45, 7) is 20.2. The molecule has 592 valence electrons. The second kappa shape index (κ2) is 50.0. The molecule has 23 N–H and O–H groups in total. The highest BCUT2D eigenvalue weighted by atomic mass is 16.2. The van der Waals surface area contributed by atoms with E-state index in [1.54, 1.807) is 55.4 Å². The predicted molar refractivity (Wildman–Crippen MR) is 376 cm³/mol. The number of nitrogens with one attached hydrogen (secondary N) is 19. The molecular weight excluding hydrogens is 1380 g/mol. The lowest BCUT2D eigenvalue weighted by Crippen LogP contribution is -2.70. The topological polar surface area (TPSA) is 622 Å². The van der Waals surface area contributed by atoms with Crippen LogP contribution >= 0.6 is 0 Å². The van der Waals surface area contributed by atoms with Gasteiger partial charge in [0.15, 0.2) is 43.2 Å². The fraction of sp³-hybridized carbons (Fsp3) is 0.688. The lowest BCUT2D eigenvalue weighted by molar-refractivity contribution is -0.138. The van der Waals surface area contributed by atoms with Gasteiger partial charge in [-0.1, -0.05) is 74.7 Å². The van der Waals surface area contributed by atoms with Crippen LogP contribution in [0.2, 0.25) is 0 Å². The predicted octanol–water partition coefficient (Wildman–Crippen LogP) is -9.60. The quantitative estimate of drug-likeness (QED) is 0.0199. The molecule has 0 heterocycles. The maximum absolute atomic E-state index is 14.8. The van der Waals surface area contributed by atoms with Crippen molar-refractivity contribution < 1.29 is 95.9 Å². The van der Waals surface area contributed by atoms with Gasteiger partial charge in [0.05, 0.1) is 48.8 Å². The Morgan fingerprint density at radius 3 is 0.952 bits per heavy atom. The highest BCUT2D eigenvalue weighted by Gasteiger charge is 2.39. The van der Waals surface area contributed by atoms with Crippen molar-refractivity contribution >= 4 is 121 Å². The first-order valence-electron chi connectivity index (χ1n) is 34.4. The number of aldehydes is 7. The van der Waals surface area contributed by atoms with Crippen LogP contribution in [0, 0.1) is 23.7 Å². The van der Waals surface area contributed by atoms with E-state index < -0.39 is 205 Å². The molecule has 0 fully saturated rings. The SMILES string of the molecule is CC[C@@H](C)[C@H](C=O)N[C@H](NC(=O)[C@@H](NC(=O)[C@@H](NC(=O)[C@@H](NC(=O)[C@@H](NC(=O)[C@H](C)N)N[C@@H](C=O)CCC(N)=O)N[C@@H](C=O)CC(C)C)N[C@@H](C)C=O)N[C@@H](C=O)[C@H](C)CC)C(=O)N[C@H](NCC=O)C(=O)N[C@@H](C)C(=O)N[C@@H](C)C(=O)N[C@@H](N[C@@H](C=O)[C@H](C)CC)C(=O)N[C@@H](C)C(=O)N[C@@H](C)C(=O)NC. The van der Waals surface area contributed by atoms with Crippen molar-refractivity contribution in [1.29, 1.82) is 0 Å². The summed E-state index contributed by atoms with van der Waals surface area (Å²) < 4.78 is 0. The Kier molecular flexibility index (Phi) is 45.5. The lowest BCUT2D eigenvalue weighted by Gasteiger charge is -2.32. The molecule has 0 aromatic carbocycles. The normalized spacial score (nSPS) is 17.2. The van der Waals surface area contributed by atoms with E-state index in [1.807, 2.05) is 0 Å². The number of hydrogen-bond acceptors (Lipinski definition) is 28. The zero-order valence-corrected chi connectivity index (χ0v) is 62.0. The van der Waals surface area contributed by atoms with Gasteiger partial charge in [0.25, 0.3) is 41.4 Å². The fourth-order valence-electron chi connectivity index (χ4n) is 9.13. The molecule has 0 saturated carbocycles. The largest absolute Gasteiger partial charge is 0.370 e. The minimum atomic E-state index is -2.15. The average Bonchev–Trinajstić information content (AvgIpc) is 0.839. The summed E-state index contributed by atoms with van der Waals surface area (Å²) in [6, 6.07) is -14.2. The molecule has 0 unspecified atom stereocenters. The molecule has 0 saturated heterocycles. The molecule has 0 aliphatic heterocycles. The molecule has 13 amide bonds. The van der Waals surface area contributed by atoms with Crippen LogP contribution in [-0.2, 0) is 95.9 Å². The Labute approximate surface area is 609 Å². The van der Waals surface area contributed by atoms with Crippen molar-refractivity contribution in [2.75, 3.05) is 13.6 Å². The first-order valence-corrected chi connectivity index (χ1v) is 34.4. The van der Waals surface area contributed by atoms with Crippen LogP contribution in [0.5, 0.6) is 0 Å². The minimum absolute atomic E-state index is 0.0316. The van der Waals surface area contributed by atoms with Gasteiger partial charge >= 0.3 is 0 Å². The van der Waals surface area contributed by atoms with Crippen LogP contribution in [-0.4, -0.2) is 244 Å². The van der Waals surface area contributed by atoms with Crippen molar-refractivity contribution in [3.63, 3.8) is 0 Å². The zero-order chi connectivity index (χ0) is 80.5. The van der Waals surface area contributed by atoms with Gasteiger partial charge in [-0.2, -0.15) is 0 Å². The number of primary amides is 1. The second-order valence-electron chi connectivity index (χ2n) is 25.7. The zero-order valence-electron chi connectivity index (χ0n) is 62.0. The lowest BCUT2D eigenvalue weighted by atomic mass is 10.00. The smallest absolute Gasteiger partial charge is 0.259 e. The van der Waals surface area contributed by atoms with E-state index in [0.29, 0.717) is 44.1 Å². The summed E-state index contributed by atoms with van der Waals surface area (Å²) in [4.78, 5) is 264. The van der Waals surface area contributed by atoms with Crippen LogP contribution in [0.25, 0.3) is 0 Å². The van der Waals surface area contributed by atoms with Crippen LogP contribution < -0.4 is 112 Å². The second-order valence-corrected chi connectivity index (χ2v) is 25.7. The summed E-state index contributed by atoms with van der Waals surface area (Å²) in [7, 11) is 1.35. The third-order valence-electron chi connectivity index (χ3n) is 16.4. The Morgan fingerprint density at radius 1 is 0.343 bits per heavy atom. The van der Waals surface area contributed by atoms with Gasteiger partial charge < -0.3 is 109 Å². The van der Waals surface area contributed by atoms with Gasteiger partial charge in [0.2, 0.25) is 35.4 Å². The van der Waals surface area contributed by atoms with E-state index in [0.717, 1.165) is 6.92 Å². The number of likely N-dealkylation sites (N-methyl/N-ethyl adjacent to an activating group) is 1. The van der Waals surface area contributed by atoms with Gasteiger partial charge in [-0.15, -0.1) is 0 Å². The molecule has 0 radical (unpaired) electrons. The van der Waals surface area contributed by atoms with Gasteiger partial charge in [0, 0.05) is 13.5 Å². The number of hydrogen-bond donors (Lipinski definition) is 21. The van der Waals surface area contributed by atoms with Crippen LogP contribution in [0.1, 0.15) is 135 Å². The summed E-state index contributed by atoms with van der Waals surface area (Å²) in [5.41, 5.74) is 11.0. The monoisotopic (exact) mass is 1490 g/mol. The van der Waals surface area contributed by atoms with E-state index in [4.69, 9.17) is 11.5 Å². The highest BCUT2D eigenvalue weighted by molar-refractivity contribution is 5.99. The van der Waals surface area contributed by atoms with Gasteiger partial charge in [0.1, 0.15) is 68.2 Å². The van der Waals surface area contributed by atoms with Crippen LogP contribution in [0.4, 0.5) is 0 Å². The van der Waals surface area contributed by atoms with Crippen molar-refractivity contribution in [3.05, 3.63) is 0 Å². The number of carbonyl (C=O) groups is 20. The number of nitrogens with two attached hydrogens (primary N) is 2. The molecule has 105 heavy (non-hydrogen) atoms. The third kappa shape index (κ3) is 35.2. The fourth-order valence-corrected chi connectivity index (χ4v) is 9.13. The van der Waals surface area contributed by atoms with Crippen LogP contribution in [0.15, 0.2) is 0 Å². The maximum atomic E-state index is 14.8. The van der Waals surface area contributed by atoms with E-state index in [9.17, 15) is 95.9 Å². The summed E-state index contributed by atoms with van der Waals surface area (Å²) in [5.74, 6) is -16.0. The molecule has 0 aromatic rings. The minimum Gasteiger partial charge on any atom is -0.370 e. The summed E-state index contributed by atoms with van der Waals surface area (Å²) in [6.07, 6.45) is -11.1. The maximum Gasteiger partial charge on any atom is 0.259 e. The molecule has 21 atom stereocenters. The Morgan fingerprint density at radius 2 is 0.638 bits per heavy atom. The van der Waals surface area contributed by atoms with E-state index in [-0.39, 0.29) is 50.2 Å². The van der Waals surface area contributed by atoms with Gasteiger partial charge in [-0.3, -0.25) is 99.5 Å². The van der Waals surface area contributed by atoms with Crippen molar-refractivity contribution in [2.45, 2.75) is 245 Å². The molecular formula is C64H111N21O20. The molecule has 41 nitrogen and oxygen atoms in total. The molecule has 0 aliphatic rings. The highest BCUT2D eigenvalue weighted by Crippen LogP contribution is 2.11.